The molecule has 4 heteroatoms. The second-order valence-electron chi connectivity index (χ2n) is 4.55. The first kappa shape index (κ1) is 16.1. The summed E-state index contributed by atoms with van der Waals surface area (Å²) < 4.78 is 0. The van der Waals surface area contributed by atoms with Crippen LogP contribution in [-0.2, 0) is 0 Å². The summed E-state index contributed by atoms with van der Waals surface area (Å²) in [5.74, 6) is -0.0566. The number of amides is 1. The van der Waals surface area contributed by atoms with Gasteiger partial charge < -0.3 is 5.32 Å². The number of rotatable bonds is 4. The lowest BCUT2D eigenvalue weighted by Crippen LogP contribution is -2.24. The van der Waals surface area contributed by atoms with Crippen LogP contribution in [0.5, 0.6) is 0 Å². The van der Waals surface area contributed by atoms with Crippen LogP contribution in [0.2, 0.25) is 0 Å². The van der Waals surface area contributed by atoms with Gasteiger partial charge in [-0.3, -0.25) is 4.79 Å². The van der Waals surface area contributed by atoms with Crippen LogP contribution in [0.15, 0.2) is 30.6 Å². The molecule has 0 saturated heterocycles. The van der Waals surface area contributed by atoms with Crippen molar-refractivity contribution in [3.8, 4) is 0 Å². The monoisotopic (exact) mass is 273 g/mol. The molecular formula is C16H23N3O. The van der Waals surface area contributed by atoms with Crippen molar-refractivity contribution >= 4 is 16.9 Å². The molecule has 0 aliphatic carbocycles. The van der Waals surface area contributed by atoms with E-state index in [4.69, 9.17) is 0 Å². The fourth-order valence-corrected chi connectivity index (χ4v) is 1.65. The molecule has 0 spiro atoms. The maximum atomic E-state index is 12.0. The summed E-state index contributed by atoms with van der Waals surface area (Å²) in [6, 6.07) is 5.40. The van der Waals surface area contributed by atoms with Crippen LogP contribution < -0.4 is 5.32 Å². The quantitative estimate of drug-likeness (QED) is 0.866. The topological polar surface area (TPSA) is 54.9 Å². The Balaban J connectivity index is 0.000000612. The van der Waals surface area contributed by atoms with E-state index in [0.29, 0.717) is 17.8 Å². The Morgan fingerprint density at radius 1 is 1.15 bits per heavy atom. The van der Waals surface area contributed by atoms with Gasteiger partial charge in [-0.15, -0.1) is 0 Å². The highest BCUT2D eigenvalue weighted by Crippen LogP contribution is 2.13. The Hall–Kier alpha value is -1.97. The summed E-state index contributed by atoms with van der Waals surface area (Å²) in [5.41, 5.74) is 1.25. The second kappa shape index (κ2) is 9.02. The van der Waals surface area contributed by atoms with Crippen LogP contribution in [0, 0.1) is 0 Å². The maximum Gasteiger partial charge on any atom is 0.252 e. The molecule has 0 radical (unpaired) electrons. The van der Waals surface area contributed by atoms with Gasteiger partial charge in [0.2, 0.25) is 0 Å². The minimum Gasteiger partial charge on any atom is -0.352 e. The molecule has 0 atom stereocenters. The minimum absolute atomic E-state index is 0.0566. The average molecular weight is 273 g/mol. The van der Waals surface area contributed by atoms with Crippen molar-refractivity contribution in [3.05, 3.63) is 36.2 Å². The molecule has 0 aliphatic rings. The molecule has 0 saturated carbocycles. The molecule has 2 aromatic rings. The van der Waals surface area contributed by atoms with Crippen LogP contribution in [0.4, 0.5) is 0 Å². The number of hydrogen-bond donors (Lipinski definition) is 1. The van der Waals surface area contributed by atoms with E-state index < -0.39 is 0 Å². The molecule has 0 aliphatic heterocycles. The van der Waals surface area contributed by atoms with Crippen molar-refractivity contribution in [3.63, 3.8) is 0 Å². The largest absolute Gasteiger partial charge is 0.352 e. The Kier molecular flexibility index (Phi) is 7.25. The van der Waals surface area contributed by atoms with Gasteiger partial charge >= 0.3 is 0 Å². The summed E-state index contributed by atoms with van der Waals surface area (Å²) in [6.45, 7) is 7.05. The van der Waals surface area contributed by atoms with Crippen LogP contribution in [0.3, 0.4) is 0 Å². The number of fused-ring (bicyclic) bond motifs is 1. The molecule has 2 rings (SSSR count). The lowest BCUT2D eigenvalue weighted by Gasteiger charge is -2.06. The molecule has 0 unspecified atom stereocenters. The molecule has 1 N–H and O–H groups in total. The first-order valence-electron chi connectivity index (χ1n) is 7.22. The number of carbonyl (C=O) groups is 1. The van der Waals surface area contributed by atoms with Crippen molar-refractivity contribution in [2.45, 2.75) is 40.0 Å². The third kappa shape index (κ3) is 4.61. The predicted molar refractivity (Wildman–Crippen MR) is 82.7 cm³/mol. The van der Waals surface area contributed by atoms with E-state index in [1.165, 1.54) is 6.42 Å². The van der Waals surface area contributed by atoms with Gasteiger partial charge in [0.25, 0.3) is 5.91 Å². The van der Waals surface area contributed by atoms with E-state index >= 15 is 0 Å². The van der Waals surface area contributed by atoms with Gasteiger partial charge in [0.05, 0.1) is 5.56 Å². The molecular weight excluding hydrogens is 250 g/mol. The summed E-state index contributed by atoms with van der Waals surface area (Å²) in [7, 11) is 0. The normalized spacial score (nSPS) is 9.75. The summed E-state index contributed by atoms with van der Waals surface area (Å²) >= 11 is 0. The smallest absolute Gasteiger partial charge is 0.252 e. The van der Waals surface area contributed by atoms with Crippen molar-refractivity contribution in [1.29, 1.82) is 0 Å². The van der Waals surface area contributed by atoms with Gasteiger partial charge in [-0.25, -0.2) is 9.97 Å². The highest BCUT2D eigenvalue weighted by molar-refractivity contribution is 6.05. The highest BCUT2D eigenvalue weighted by atomic mass is 16.1. The van der Waals surface area contributed by atoms with Crippen LogP contribution >= 0.6 is 0 Å². The van der Waals surface area contributed by atoms with Gasteiger partial charge in [0.1, 0.15) is 0 Å². The van der Waals surface area contributed by atoms with Gasteiger partial charge in [0, 0.05) is 24.3 Å². The van der Waals surface area contributed by atoms with Crippen LogP contribution in [0.1, 0.15) is 50.4 Å². The number of hydrogen-bond acceptors (Lipinski definition) is 3. The zero-order valence-electron chi connectivity index (χ0n) is 12.5. The molecule has 4 nitrogen and oxygen atoms in total. The van der Waals surface area contributed by atoms with Gasteiger partial charge in [-0.1, -0.05) is 33.6 Å². The number of pyridine rings is 2. The third-order valence-electron chi connectivity index (χ3n) is 2.58. The molecule has 0 fully saturated rings. The van der Waals surface area contributed by atoms with E-state index in [1.807, 2.05) is 12.1 Å². The van der Waals surface area contributed by atoms with E-state index in [1.54, 1.807) is 18.5 Å². The van der Waals surface area contributed by atoms with Crippen LogP contribution in [-0.4, -0.2) is 22.4 Å². The van der Waals surface area contributed by atoms with E-state index in [2.05, 4.69) is 36.1 Å². The third-order valence-corrected chi connectivity index (χ3v) is 2.58. The maximum absolute atomic E-state index is 12.0. The van der Waals surface area contributed by atoms with Crippen LogP contribution in [0.25, 0.3) is 11.0 Å². The summed E-state index contributed by atoms with van der Waals surface area (Å²) in [4.78, 5) is 20.2. The fraction of sp³-hybridized carbons (Fsp3) is 0.438. The lowest BCUT2D eigenvalue weighted by atomic mass is 10.1. The van der Waals surface area contributed by atoms with Gasteiger partial charge in [-0.2, -0.15) is 0 Å². The van der Waals surface area contributed by atoms with Crippen molar-refractivity contribution in [2.75, 3.05) is 6.54 Å². The zero-order chi connectivity index (χ0) is 14.8. The lowest BCUT2D eigenvalue weighted by molar-refractivity contribution is 0.0954. The molecule has 0 aromatic carbocycles. The highest BCUT2D eigenvalue weighted by Gasteiger charge is 2.09. The van der Waals surface area contributed by atoms with Gasteiger partial charge in [-0.05, 0) is 24.6 Å². The Labute approximate surface area is 120 Å². The van der Waals surface area contributed by atoms with E-state index in [-0.39, 0.29) is 5.91 Å². The number of nitrogens with zero attached hydrogens (tertiary/aromatic N) is 2. The Morgan fingerprint density at radius 2 is 1.85 bits per heavy atom. The number of unbranched alkanes of at least 4 members (excludes halogenated alkanes) is 1. The predicted octanol–water partition coefficient (Wildman–Crippen LogP) is 3.58. The number of nitrogens with one attached hydrogen (secondary N) is 1. The Morgan fingerprint density at radius 3 is 2.55 bits per heavy atom. The molecule has 2 heterocycles. The number of carbonyl (C=O) groups excluding carboxylic acids is 1. The zero-order valence-corrected chi connectivity index (χ0v) is 12.5. The molecule has 0 bridgehead atoms. The Bertz CT molecular complexity index is 535. The summed E-state index contributed by atoms with van der Waals surface area (Å²) in [5, 5.41) is 3.69. The van der Waals surface area contributed by atoms with Gasteiger partial charge in [0.15, 0.2) is 5.65 Å². The number of aromatic nitrogens is 2. The molecule has 108 valence electrons. The van der Waals surface area contributed by atoms with Crippen molar-refractivity contribution in [2.24, 2.45) is 0 Å². The summed E-state index contributed by atoms with van der Waals surface area (Å²) in [6.07, 6.45) is 6.60. The SMILES string of the molecule is CCC.CCCCNC(=O)c1ccnc2ncccc12. The van der Waals surface area contributed by atoms with E-state index in [9.17, 15) is 4.79 Å². The minimum atomic E-state index is -0.0566. The standard InChI is InChI=1S/C13H15N3O.C3H8/c1-2-3-7-16-13(17)11-6-9-15-12-10(11)5-4-8-14-12;1-3-2/h4-6,8-9H,2-3,7H2,1H3,(H,16,17);3H2,1-2H3. The fourth-order valence-electron chi connectivity index (χ4n) is 1.65. The first-order chi connectivity index (χ1) is 9.74. The molecule has 20 heavy (non-hydrogen) atoms. The second-order valence-corrected chi connectivity index (χ2v) is 4.55. The van der Waals surface area contributed by atoms with E-state index in [0.717, 1.165) is 18.2 Å². The first-order valence-corrected chi connectivity index (χ1v) is 7.22. The van der Waals surface area contributed by atoms with Crippen molar-refractivity contribution in [1.82, 2.24) is 15.3 Å². The molecule has 1 amide bonds. The van der Waals surface area contributed by atoms with Crippen molar-refractivity contribution < 1.29 is 4.79 Å². The molecule has 2 aromatic heterocycles. The average Bonchev–Trinajstić information content (AvgIpc) is 2.47.